The molecular weight excluding hydrogens is 438 g/mol. The van der Waals surface area contributed by atoms with E-state index >= 15 is 0 Å². The van der Waals surface area contributed by atoms with Gasteiger partial charge in [-0.3, -0.25) is 9.79 Å². The molecule has 0 aromatic heterocycles. The second-order valence-electron chi connectivity index (χ2n) is 8.85. The third-order valence-electron chi connectivity index (χ3n) is 5.77. The first-order valence-electron chi connectivity index (χ1n) is 10.5. The summed E-state index contributed by atoms with van der Waals surface area (Å²) in [5.74, 6) is 0.0937. The predicted octanol–water partition coefficient (Wildman–Crippen LogP) is 3.62. The third kappa shape index (κ3) is 4.80. The molecule has 0 spiro atoms. The number of nitrogens with one attached hydrogen (secondary N) is 1. The van der Waals surface area contributed by atoms with E-state index in [9.17, 15) is 22.4 Å². The van der Waals surface area contributed by atoms with Gasteiger partial charge in [-0.25, -0.2) is 4.39 Å². The number of hydrogen-bond donors (Lipinski definition) is 2. The molecule has 2 aromatic rings. The van der Waals surface area contributed by atoms with Crippen molar-refractivity contribution in [2.24, 2.45) is 10.7 Å². The van der Waals surface area contributed by atoms with E-state index < -0.39 is 29.5 Å². The van der Waals surface area contributed by atoms with E-state index in [-0.39, 0.29) is 18.3 Å². The van der Waals surface area contributed by atoms with Crippen LogP contribution in [0.15, 0.2) is 53.5 Å². The molecule has 2 heterocycles. The van der Waals surface area contributed by atoms with E-state index in [0.29, 0.717) is 24.6 Å². The zero-order valence-corrected chi connectivity index (χ0v) is 18.2. The smallest absolute Gasteiger partial charge is 0.363 e. The van der Waals surface area contributed by atoms with Crippen LogP contribution in [-0.2, 0) is 11.0 Å². The Hall–Kier alpha value is -3.14. The lowest BCUT2D eigenvalue weighted by Gasteiger charge is -2.40. The summed E-state index contributed by atoms with van der Waals surface area (Å²) in [6.07, 6.45) is -4.83. The molecule has 2 aromatic carbocycles. The fourth-order valence-corrected chi connectivity index (χ4v) is 4.10. The Morgan fingerprint density at radius 2 is 1.70 bits per heavy atom. The number of piperazine rings is 1. The van der Waals surface area contributed by atoms with Gasteiger partial charge in [0.15, 0.2) is 0 Å². The highest BCUT2D eigenvalue weighted by atomic mass is 19.4. The van der Waals surface area contributed by atoms with Crippen LogP contribution in [0, 0.1) is 5.82 Å². The SMILES string of the molecule is CC(C)(N)C(=O)N1CCN2C(=NC(c3ccc(F)cc3)C2Nc2ccc(C(F)(F)F)cc2)C1. The van der Waals surface area contributed by atoms with Gasteiger partial charge in [0, 0.05) is 18.8 Å². The van der Waals surface area contributed by atoms with E-state index in [2.05, 4.69) is 5.32 Å². The van der Waals surface area contributed by atoms with Crippen molar-refractivity contribution >= 4 is 17.4 Å². The molecule has 0 bridgehead atoms. The number of rotatable bonds is 4. The normalized spacial score (nSPS) is 21.0. The third-order valence-corrected chi connectivity index (χ3v) is 5.77. The summed E-state index contributed by atoms with van der Waals surface area (Å²) < 4.78 is 52.3. The molecule has 2 aliphatic rings. The van der Waals surface area contributed by atoms with Crippen molar-refractivity contribution in [1.29, 1.82) is 0 Å². The molecule has 10 heteroatoms. The van der Waals surface area contributed by atoms with Gasteiger partial charge in [-0.1, -0.05) is 12.1 Å². The van der Waals surface area contributed by atoms with Crippen LogP contribution < -0.4 is 11.1 Å². The molecule has 4 rings (SSSR count). The van der Waals surface area contributed by atoms with E-state index in [1.807, 2.05) is 4.90 Å². The number of carbonyl (C=O) groups excluding carboxylic acids is 1. The van der Waals surface area contributed by atoms with Gasteiger partial charge in [0.2, 0.25) is 5.91 Å². The minimum atomic E-state index is -4.42. The Morgan fingerprint density at radius 3 is 2.27 bits per heavy atom. The summed E-state index contributed by atoms with van der Waals surface area (Å²) in [5.41, 5.74) is 5.48. The standard InChI is InChI=1S/C23H25F4N5O/c1-22(2,28)21(33)31-11-12-32-18(13-31)30-19(14-3-7-16(24)8-4-14)20(32)29-17-9-5-15(6-10-17)23(25,26)27/h3-10,19-20,29H,11-13,28H2,1-2H3. The van der Waals surface area contributed by atoms with Crippen molar-refractivity contribution in [2.45, 2.75) is 37.8 Å². The van der Waals surface area contributed by atoms with Crippen molar-refractivity contribution in [2.75, 3.05) is 25.0 Å². The van der Waals surface area contributed by atoms with Gasteiger partial charge >= 0.3 is 6.18 Å². The summed E-state index contributed by atoms with van der Waals surface area (Å²) in [4.78, 5) is 21.1. The average molecular weight is 463 g/mol. The molecule has 1 fully saturated rings. The van der Waals surface area contributed by atoms with Crippen LogP contribution in [0.3, 0.4) is 0 Å². The van der Waals surface area contributed by atoms with Gasteiger partial charge in [-0.2, -0.15) is 13.2 Å². The average Bonchev–Trinajstić information content (AvgIpc) is 3.10. The molecule has 1 amide bonds. The molecule has 0 aliphatic carbocycles. The van der Waals surface area contributed by atoms with Crippen LogP contribution in [0.2, 0.25) is 0 Å². The topological polar surface area (TPSA) is 74.0 Å². The first-order valence-corrected chi connectivity index (χ1v) is 10.5. The number of alkyl halides is 3. The van der Waals surface area contributed by atoms with Crippen molar-refractivity contribution in [3.05, 3.63) is 65.5 Å². The van der Waals surface area contributed by atoms with Crippen molar-refractivity contribution < 1.29 is 22.4 Å². The largest absolute Gasteiger partial charge is 0.416 e. The molecule has 2 unspecified atom stereocenters. The van der Waals surface area contributed by atoms with Crippen molar-refractivity contribution in [1.82, 2.24) is 9.80 Å². The minimum Gasteiger partial charge on any atom is -0.363 e. The number of nitrogens with zero attached hydrogens (tertiary/aromatic N) is 3. The van der Waals surface area contributed by atoms with Crippen LogP contribution in [0.5, 0.6) is 0 Å². The number of carbonyl (C=O) groups is 1. The molecule has 176 valence electrons. The summed E-state index contributed by atoms with van der Waals surface area (Å²) in [7, 11) is 0. The van der Waals surface area contributed by atoms with Crippen LogP contribution in [0.25, 0.3) is 0 Å². The second kappa shape index (κ2) is 8.33. The van der Waals surface area contributed by atoms with E-state index in [4.69, 9.17) is 10.7 Å². The number of amides is 1. The number of anilines is 1. The van der Waals surface area contributed by atoms with Crippen molar-refractivity contribution in [3.63, 3.8) is 0 Å². The molecule has 0 radical (unpaired) electrons. The van der Waals surface area contributed by atoms with Gasteiger partial charge in [-0.15, -0.1) is 0 Å². The maximum absolute atomic E-state index is 13.5. The fourth-order valence-electron chi connectivity index (χ4n) is 4.10. The van der Waals surface area contributed by atoms with Crippen LogP contribution in [0.4, 0.5) is 23.2 Å². The van der Waals surface area contributed by atoms with Crippen LogP contribution in [0.1, 0.15) is 31.0 Å². The van der Waals surface area contributed by atoms with Crippen molar-refractivity contribution in [3.8, 4) is 0 Å². The molecule has 3 N–H and O–H groups in total. The number of benzene rings is 2. The number of amidine groups is 1. The lowest BCUT2D eigenvalue weighted by Crippen LogP contribution is -2.60. The lowest BCUT2D eigenvalue weighted by molar-refractivity contribution is -0.137. The first kappa shape index (κ1) is 23.0. The summed E-state index contributed by atoms with van der Waals surface area (Å²) in [6, 6.07) is 10.3. The van der Waals surface area contributed by atoms with Gasteiger partial charge in [0.1, 0.15) is 23.9 Å². The van der Waals surface area contributed by atoms with E-state index in [0.717, 1.165) is 17.7 Å². The number of fused-ring (bicyclic) bond motifs is 1. The summed E-state index contributed by atoms with van der Waals surface area (Å²) in [6.45, 7) is 4.46. The molecule has 1 saturated heterocycles. The van der Waals surface area contributed by atoms with Gasteiger partial charge in [0.25, 0.3) is 0 Å². The number of aliphatic imine (C=N–C) groups is 1. The Morgan fingerprint density at radius 1 is 1.06 bits per heavy atom. The van der Waals surface area contributed by atoms with Crippen LogP contribution >= 0.6 is 0 Å². The highest BCUT2D eigenvalue weighted by Gasteiger charge is 2.42. The number of hydrogen-bond acceptors (Lipinski definition) is 5. The highest BCUT2D eigenvalue weighted by molar-refractivity contribution is 5.94. The zero-order chi connectivity index (χ0) is 24.0. The maximum atomic E-state index is 13.5. The second-order valence-corrected chi connectivity index (χ2v) is 8.85. The van der Waals surface area contributed by atoms with Gasteiger partial charge < -0.3 is 20.9 Å². The molecule has 6 nitrogen and oxygen atoms in total. The Kier molecular flexibility index (Phi) is 5.81. The Labute approximate surface area is 189 Å². The maximum Gasteiger partial charge on any atom is 0.416 e. The zero-order valence-electron chi connectivity index (χ0n) is 18.2. The number of halogens is 4. The van der Waals surface area contributed by atoms with Gasteiger partial charge in [0.05, 0.1) is 17.6 Å². The fraction of sp³-hybridized carbons (Fsp3) is 0.391. The Balaban J connectivity index is 1.61. The quantitative estimate of drug-likeness (QED) is 0.680. The molecular formula is C23H25F4N5O. The highest BCUT2D eigenvalue weighted by Crippen LogP contribution is 2.35. The predicted molar refractivity (Wildman–Crippen MR) is 117 cm³/mol. The molecule has 0 saturated carbocycles. The summed E-state index contributed by atoms with van der Waals surface area (Å²) >= 11 is 0. The lowest BCUT2D eigenvalue weighted by atomic mass is 10.0. The number of nitrogens with two attached hydrogens (primary N) is 1. The molecule has 2 aliphatic heterocycles. The minimum absolute atomic E-state index is 0.192. The van der Waals surface area contributed by atoms with E-state index in [1.54, 1.807) is 30.9 Å². The van der Waals surface area contributed by atoms with Crippen LogP contribution in [-0.4, -0.2) is 52.9 Å². The summed E-state index contributed by atoms with van der Waals surface area (Å²) in [5, 5.41) is 3.28. The molecule has 2 atom stereocenters. The molecule has 33 heavy (non-hydrogen) atoms. The Bertz CT molecular complexity index is 1040. The monoisotopic (exact) mass is 463 g/mol. The first-order chi connectivity index (χ1) is 15.4. The van der Waals surface area contributed by atoms with Gasteiger partial charge in [-0.05, 0) is 55.8 Å². The van der Waals surface area contributed by atoms with E-state index in [1.165, 1.54) is 24.3 Å².